The highest BCUT2D eigenvalue weighted by atomic mass is 16.5. The minimum absolute atomic E-state index is 0.357. The number of nitrogens with zero attached hydrogens (tertiary/aromatic N) is 21. The zero-order valence-corrected chi connectivity index (χ0v) is 13.3. The molecule has 1 aliphatic rings. The number of nitrogens with one attached hydrogen (secondary N) is 1. The largest absolute Gasteiger partial charge is 0.479 e. The molecule has 1 heterocycles. The van der Waals surface area contributed by atoms with Gasteiger partial charge in [-0.15, -0.1) is 0 Å². The molecule has 23 heteroatoms. The summed E-state index contributed by atoms with van der Waals surface area (Å²) in [6, 6.07) is 0. The van der Waals surface area contributed by atoms with Gasteiger partial charge in [0.05, 0.1) is 7.11 Å². The Kier molecular flexibility index (Phi) is 6.77. The van der Waals surface area contributed by atoms with Crippen LogP contribution in [0.2, 0.25) is 0 Å². The lowest BCUT2D eigenvalue weighted by Gasteiger charge is -2.40. The van der Waals surface area contributed by atoms with Crippen LogP contribution in [-0.2, 0) is 4.74 Å². The molecule has 0 atom stereocenters. The topological polar surface area (TPSA) is 342 Å². The smallest absolute Gasteiger partial charge is 0.297 e. The van der Waals surface area contributed by atoms with Crippen LogP contribution < -0.4 is 5.53 Å². The van der Waals surface area contributed by atoms with Gasteiger partial charge >= 0.3 is 0 Å². The maximum absolute atomic E-state index is 8.83. The van der Waals surface area contributed by atoms with Crippen molar-refractivity contribution in [3.8, 4) is 0 Å². The Morgan fingerprint density at radius 1 is 0.821 bits per heavy atom. The van der Waals surface area contributed by atoms with Crippen LogP contribution in [0.4, 0.5) is 0 Å². The number of hydrogen-bond acceptors (Lipinski definition) is 11. The maximum atomic E-state index is 8.83. The van der Waals surface area contributed by atoms with Gasteiger partial charge in [0.25, 0.3) is 17.6 Å². The van der Waals surface area contributed by atoms with Gasteiger partial charge in [-0.05, 0) is 38.4 Å². The molecular weight excluding hydrogens is 384 g/mol. The van der Waals surface area contributed by atoms with E-state index in [1.807, 2.05) is 5.53 Å². The number of hydrazine groups is 1. The van der Waals surface area contributed by atoms with E-state index in [2.05, 4.69) is 70.5 Å². The van der Waals surface area contributed by atoms with Crippen LogP contribution in [0.1, 0.15) is 0 Å². The predicted octanol–water partition coefficient (Wildman–Crippen LogP) is 4.12. The van der Waals surface area contributed by atoms with Gasteiger partial charge in [0, 0.05) is 29.5 Å². The van der Waals surface area contributed by atoms with Gasteiger partial charge in [0.15, 0.2) is 0 Å². The van der Waals surface area contributed by atoms with E-state index in [0.717, 1.165) is 7.11 Å². The molecule has 1 aliphatic heterocycles. The molecule has 0 amide bonds. The molecule has 0 aliphatic carbocycles. The van der Waals surface area contributed by atoms with E-state index in [4.69, 9.17) is 37.9 Å². The Morgan fingerprint density at radius 2 is 1.25 bits per heavy atom. The molecule has 0 fully saturated rings. The quantitative estimate of drug-likeness (QED) is 0.346. The average Bonchev–Trinajstić information content (AvgIpc) is 2.68. The molecular formula is C5H4N22O. The predicted molar refractivity (Wildman–Crippen MR) is 84.2 cm³/mol. The van der Waals surface area contributed by atoms with E-state index >= 15 is 0 Å². The van der Waals surface area contributed by atoms with Crippen molar-refractivity contribution in [2.45, 2.75) is 11.7 Å². The number of rotatable bonds is 9. The summed E-state index contributed by atoms with van der Waals surface area (Å²) in [5.74, 6) is -6.35. The first-order valence-electron chi connectivity index (χ1n) is 6.17. The standard InChI is InChI=1S/C5H4N22O/c1-28-3-2(4(13-19-6,14-20-7)15-21-8)27(26-25-12-3)5(16-22-9,17-23-10)18-24-11/h1H3,(H,12,26). The normalized spacial score (nSPS) is 15.8. The van der Waals surface area contributed by atoms with Crippen LogP contribution in [0, 0.1) is 0 Å². The van der Waals surface area contributed by atoms with Crippen molar-refractivity contribution in [3.05, 3.63) is 74.2 Å². The summed E-state index contributed by atoms with van der Waals surface area (Å²) >= 11 is 0. The van der Waals surface area contributed by atoms with Crippen molar-refractivity contribution in [2.75, 3.05) is 7.11 Å². The summed E-state index contributed by atoms with van der Waals surface area (Å²) in [5.41, 5.74) is 54.1. The fraction of sp³-hybridized carbons (Fsp3) is 0.600. The molecule has 0 unspecified atom stereocenters. The molecule has 0 radical (unpaired) electrons. The highest BCUT2D eigenvalue weighted by Crippen LogP contribution is 2.39. The molecule has 0 bridgehead atoms. The lowest BCUT2D eigenvalue weighted by atomic mass is 10.2. The third kappa shape index (κ3) is 3.64. The Morgan fingerprint density at radius 3 is 1.61 bits per heavy atom. The van der Waals surface area contributed by atoms with Gasteiger partial charge in [0.1, 0.15) is 5.70 Å². The van der Waals surface area contributed by atoms with E-state index in [-0.39, 0.29) is 0 Å². The third-order valence-corrected chi connectivity index (χ3v) is 2.61. The molecule has 0 saturated carbocycles. The van der Waals surface area contributed by atoms with Gasteiger partial charge in [0.2, 0.25) is 0 Å². The molecule has 1 rings (SSSR count). The monoisotopic (exact) mass is 388 g/mol. The van der Waals surface area contributed by atoms with Crippen molar-refractivity contribution < 1.29 is 4.74 Å². The molecule has 23 nitrogen and oxygen atoms in total. The van der Waals surface area contributed by atoms with Crippen molar-refractivity contribution >= 4 is 0 Å². The van der Waals surface area contributed by atoms with Gasteiger partial charge < -0.3 is 4.74 Å². The Bertz CT molecular complexity index is 885. The van der Waals surface area contributed by atoms with Crippen molar-refractivity contribution in [2.24, 2.45) is 41.0 Å². The average molecular weight is 388 g/mol. The molecule has 140 valence electrons. The fourth-order valence-electron chi connectivity index (χ4n) is 1.72. The zero-order valence-electron chi connectivity index (χ0n) is 13.3. The second kappa shape index (κ2) is 9.18. The van der Waals surface area contributed by atoms with Crippen molar-refractivity contribution in [1.82, 2.24) is 10.5 Å². The summed E-state index contributed by atoms with van der Waals surface area (Å²) in [4.78, 5) is 14.4. The van der Waals surface area contributed by atoms with Gasteiger partial charge in [-0.1, -0.05) is 35.8 Å². The highest BCUT2D eigenvalue weighted by Gasteiger charge is 2.49. The summed E-state index contributed by atoms with van der Waals surface area (Å²) in [7, 11) is 1.03. The number of azide groups is 2. The molecule has 28 heavy (non-hydrogen) atoms. The number of ether oxygens (including phenoxy) is 1. The summed E-state index contributed by atoms with van der Waals surface area (Å²) < 4.78 is 4.89. The SMILES string of the molecule is COC1=C(C(N=[N+]=[N-])(N=[N+]=[N-])N=[N+]=[N-])N(C(N=[N+]=[N-])(N=[N+]=[N-])N=[N+]=[N-])NN=N1. The molecule has 0 aromatic rings. The Hall–Kier alpha value is -5.40. The third-order valence-electron chi connectivity index (χ3n) is 2.61. The van der Waals surface area contributed by atoms with E-state index in [1.54, 1.807) is 0 Å². The Balaban J connectivity index is 4.15. The lowest BCUT2D eigenvalue weighted by molar-refractivity contribution is 0.0433. The van der Waals surface area contributed by atoms with Crippen molar-refractivity contribution in [1.29, 1.82) is 0 Å². The summed E-state index contributed by atoms with van der Waals surface area (Å²) in [6.45, 7) is 0. The maximum Gasteiger partial charge on any atom is 0.297 e. The van der Waals surface area contributed by atoms with Gasteiger partial charge in [-0.3, -0.25) is 0 Å². The number of hydrogen-bond donors (Lipinski definition) is 1. The van der Waals surface area contributed by atoms with Crippen LogP contribution in [0.3, 0.4) is 0 Å². The molecule has 1 N–H and O–H groups in total. The second-order valence-corrected chi connectivity index (χ2v) is 3.87. The minimum Gasteiger partial charge on any atom is -0.479 e. The zero-order chi connectivity index (χ0) is 21.0. The van der Waals surface area contributed by atoms with Crippen LogP contribution in [0.5, 0.6) is 0 Å². The van der Waals surface area contributed by atoms with Gasteiger partial charge in [-0.25, -0.2) is 5.01 Å². The highest BCUT2D eigenvalue weighted by molar-refractivity contribution is 5.24. The Labute approximate surface area is 150 Å². The lowest BCUT2D eigenvalue weighted by Crippen LogP contribution is -2.55. The van der Waals surface area contributed by atoms with Gasteiger partial charge in [-0.2, -0.15) is 5.53 Å². The van der Waals surface area contributed by atoms with Crippen LogP contribution in [0.25, 0.3) is 62.7 Å². The van der Waals surface area contributed by atoms with Crippen molar-refractivity contribution in [3.63, 3.8) is 0 Å². The summed E-state index contributed by atoms with van der Waals surface area (Å²) in [5, 5.41) is 25.7. The first-order valence-corrected chi connectivity index (χ1v) is 6.17. The number of methoxy groups -OCH3 is 1. The molecule has 0 spiro atoms. The molecule has 0 aromatic heterocycles. The first-order chi connectivity index (χ1) is 13.5. The minimum atomic E-state index is -2.87. The van der Waals surface area contributed by atoms with E-state index < -0.39 is 23.3 Å². The van der Waals surface area contributed by atoms with Crippen LogP contribution >= 0.6 is 0 Å². The summed E-state index contributed by atoms with van der Waals surface area (Å²) in [6.07, 6.45) is 0. The van der Waals surface area contributed by atoms with Crippen LogP contribution in [-0.4, -0.2) is 23.8 Å². The van der Waals surface area contributed by atoms with E-state index in [9.17, 15) is 0 Å². The van der Waals surface area contributed by atoms with E-state index in [1.165, 1.54) is 0 Å². The molecule has 0 saturated heterocycles. The first kappa shape index (κ1) is 20.6. The molecule has 0 aromatic carbocycles. The van der Waals surface area contributed by atoms with E-state index in [0.29, 0.717) is 5.01 Å². The fourth-order valence-corrected chi connectivity index (χ4v) is 1.72. The van der Waals surface area contributed by atoms with Crippen LogP contribution in [0.15, 0.2) is 52.6 Å². The second-order valence-electron chi connectivity index (χ2n) is 3.87.